The van der Waals surface area contributed by atoms with Gasteiger partial charge in [0.1, 0.15) is 12.1 Å². The number of fused-ring (bicyclic) bond motifs is 1. The van der Waals surface area contributed by atoms with Crippen LogP contribution in [0.25, 0.3) is 16.7 Å². The average Bonchev–Trinajstić information content (AvgIpc) is 3.25. The summed E-state index contributed by atoms with van der Waals surface area (Å²) in [6.07, 6.45) is -0.784. The van der Waals surface area contributed by atoms with E-state index in [1.54, 1.807) is 24.3 Å². The van der Waals surface area contributed by atoms with Gasteiger partial charge in [-0.3, -0.25) is 9.58 Å². The number of allylic oxidation sites excluding steroid dienone is 1. The van der Waals surface area contributed by atoms with E-state index < -0.39 is 11.7 Å². The van der Waals surface area contributed by atoms with Crippen LogP contribution in [0.1, 0.15) is 42.1 Å². The van der Waals surface area contributed by atoms with E-state index in [-0.39, 0.29) is 12.6 Å². The standard InChI is InChI=1S/C28H29F3N6O2/c1-17(15-36(4)33-3)21-12-23-26(34-14-21)37(27(32)35-23)18(2)20-8-11-24(25(13-20)38-5)39-16-19-6-9-22(10-7-19)28(29,30)31/h6-15,18H,3,16H2,1-2,4-5H3,(H2,32,35)/b17-15+/t18-/m0/s1. The van der Waals surface area contributed by atoms with Crippen LogP contribution in [0, 0.1) is 0 Å². The molecule has 2 N–H and O–H groups in total. The zero-order valence-corrected chi connectivity index (χ0v) is 22.0. The van der Waals surface area contributed by atoms with E-state index in [9.17, 15) is 13.2 Å². The molecule has 2 heterocycles. The normalized spacial score (nSPS) is 12.8. The second-order valence-corrected chi connectivity index (χ2v) is 9.00. The molecule has 0 aliphatic carbocycles. The van der Waals surface area contributed by atoms with Crippen LogP contribution in [0.5, 0.6) is 11.5 Å². The third-order valence-corrected chi connectivity index (χ3v) is 6.35. The fraction of sp³-hybridized carbons (Fsp3) is 0.250. The van der Waals surface area contributed by atoms with Crippen molar-refractivity contribution in [3.8, 4) is 11.5 Å². The molecule has 2 aromatic heterocycles. The van der Waals surface area contributed by atoms with E-state index in [0.717, 1.165) is 28.8 Å². The lowest BCUT2D eigenvalue weighted by Crippen LogP contribution is -2.11. The number of ether oxygens (including phenoxy) is 2. The molecule has 2 aromatic carbocycles. The molecular formula is C28H29F3N6O2. The summed E-state index contributed by atoms with van der Waals surface area (Å²) in [6, 6.07) is 12.0. The Labute approximate surface area is 224 Å². The number of methoxy groups -OCH3 is 1. The number of hydrogen-bond acceptors (Lipinski definition) is 7. The minimum atomic E-state index is -4.38. The molecule has 0 radical (unpaired) electrons. The molecule has 0 bridgehead atoms. The quantitative estimate of drug-likeness (QED) is 0.203. The highest BCUT2D eigenvalue weighted by Gasteiger charge is 2.30. The zero-order chi connectivity index (χ0) is 28.3. The maximum atomic E-state index is 12.8. The number of nitrogen functional groups attached to an aromatic ring is 1. The molecule has 0 aliphatic rings. The number of anilines is 1. The highest BCUT2D eigenvalue weighted by atomic mass is 19.4. The highest BCUT2D eigenvalue weighted by Crippen LogP contribution is 2.35. The lowest BCUT2D eigenvalue weighted by Gasteiger charge is -2.18. The van der Waals surface area contributed by atoms with Gasteiger partial charge in [-0.1, -0.05) is 18.2 Å². The Balaban J connectivity index is 1.56. The second kappa shape index (κ2) is 11.1. The first-order valence-corrected chi connectivity index (χ1v) is 12.0. The Kier molecular flexibility index (Phi) is 7.80. The number of nitrogens with two attached hydrogens (primary N) is 1. The maximum Gasteiger partial charge on any atom is 0.416 e. The highest BCUT2D eigenvalue weighted by molar-refractivity contribution is 5.79. The van der Waals surface area contributed by atoms with Crippen LogP contribution in [-0.2, 0) is 12.8 Å². The molecule has 11 heteroatoms. The predicted molar refractivity (Wildman–Crippen MR) is 145 cm³/mol. The first-order chi connectivity index (χ1) is 18.5. The van der Waals surface area contributed by atoms with Gasteiger partial charge in [0.2, 0.25) is 5.95 Å². The lowest BCUT2D eigenvalue weighted by atomic mass is 10.1. The van der Waals surface area contributed by atoms with Gasteiger partial charge >= 0.3 is 6.18 Å². The number of hydrazone groups is 1. The number of nitrogens with zero attached hydrogens (tertiary/aromatic N) is 5. The summed E-state index contributed by atoms with van der Waals surface area (Å²) in [4.78, 5) is 9.16. The van der Waals surface area contributed by atoms with Gasteiger partial charge in [-0.05, 0) is 66.4 Å². The van der Waals surface area contributed by atoms with Gasteiger partial charge in [0, 0.05) is 26.2 Å². The SMILES string of the molecule is C=NN(C)/C=C(\C)c1cnc2c(c1)nc(N)n2[C@@H](C)c1ccc(OCc2ccc(C(F)(F)F)cc2)c(OC)c1. The van der Waals surface area contributed by atoms with Crippen molar-refractivity contribution in [1.29, 1.82) is 0 Å². The number of aromatic nitrogens is 3. The van der Waals surface area contributed by atoms with Gasteiger partial charge < -0.3 is 15.2 Å². The lowest BCUT2D eigenvalue weighted by molar-refractivity contribution is -0.137. The van der Waals surface area contributed by atoms with Crippen molar-refractivity contribution in [2.75, 3.05) is 19.9 Å². The van der Waals surface area contributed by atoms with Crippen molar-refractivity contribution < 1.29 is 22.6 Å². The largest absolute Gasteiger partial charge is 0.493 e. The van der Waals surface area contributed by atoms with Crippen LogP contribution in [0.15, 0.2) is 66.0 Å². The number of alkyl halides is 3. The van der Waals surface area contributed by atoms with Gasteiger partial charge in [-0.2, -0.15) is 18.3 Å². The molecule has 204 valence electrons. The fourth-order valence-corrected chi connectivity index (χ4v) is 4.16. The summed E-state index contributed by atoms with van der Waals surface area (Å²) in [6.45, 7) is 7.51. The Morgan fingerprint density at radius 3 is 2.54 bits per heavy atom. The number of halogens is 3. The molecule has 8 nitrogen and oxygen atoms in total. The van der Waals surface area contributed by atoms with Crippen LogP contribution in [0.2, 0.25) is 0 Å². The minimum absolute atomic E-state index is 0.0846. The van der Waals surface area contributed by atoms with Gasteiger partial charge in [-0.15, -0.1) is 0 Å². The maximum absolute atomic E-state index is 12.8. The first-order valence-electron chi connectivity index (χ1n) is 12.0. The molecule has 0 spiro atoms. The Morgan fingerprint density at radius 2 is 1.90 bits per heavy atom. The van der Waals surface area contributed by atoms with Crippen LogP contribution < -0.4 is 15.2 Å². The minimum Gasteiger partial charge on any atom is -0.493 e. The van der Waals surface area contributed by atoms with Gasteiger partial charge in [0.05, 0.1) is 18.7 Å². The van der Waals surface area contributed by atoms with Crippen LogP contribution >= 0.6 is 0 Å². The molecule has 4 rings (SSSR count). The summed E-state index contributed by atoms with van der Waals surface area (Å²) < 4.78 is 51.7. The van der Waals surface area contributed by atoms with E-state index in [1.165, 1.54) is 19.2 Å². The molecule has 39 heavy (non-hydrogen) atoms. The van der Waals surface area contributed by atoms with Crippen LogP contribution in [0.3, 0.4) is 0 Å². The molecule has 0 saturated carbocycles. The number of benzene rings is 2. The van der Waals surface area contributed by atoms with Crippen molar-refractivity contribution in [2.45, 2.75) is 32.7 Å². The number of imidazole rings is 1. The van der Waals surface area contributed by atoms with E-state index in [2.05, 4.69) is 21.8 Å². The van der Waals surface area contributed by atoms with Gasteiger partial charge in [0.25, 0.3) is 0 Å². The molecule has 4 aromatic rings. The Hall–Kier alpha value is -4.54. The number of rotatable bonds is 9. The van der Waals surface area contributed by atoms with Crippen LogP contribution in [0.4, 0.5) is 19.1 Å². The third kappa shape index (κ3) is 5.97. The van der Waals surface area contributed by atoms with Gasteiger partial charge in [0.15, 0.2) is 17.1 Å². The molecule has 0 fully saturated rings. The van der Waals surface area contributed by atoms with E-state index in [4.69, 9.17) is 15.2 Å². The monoisotopic (exact) mass is 538 g/mol. The summed E-state index contributed by atoms with van der Waals surface area (Å²) in [5.74, 6) is 1.25. The summed E-state index contributed by atoms with van der Waals surface area (Å²) >= 11 is 0. The molecule has 0 aliphatic heterocycles. The summed E-state index contributed by atoms with van der Waals surface area (Å²) in [5.41, 5.74) is 10.2. The van der Waals surface area contributed by atoms with E-state index >= 15 is 0 Å². The number of pyridine rings is 1. The van der Waals surface area contributed by atoms with Gasteiger partial charge in [-0.25, -0.2) is 9.97 Å². The average molecular weight is 539 g/mol. The summed E-state index contributed by atoms with van der Waals surface area (Å²) in [5, 5.41) is 5.45. The van der Waals surface area contributed by atoms with Crippen molar-refractivity contribution >= 4 is 29.4 Å². The van der Waals surface area contributed by atoms with E-state index in [1.807, 2.05) is 42.8 Å². The third-order valence-electron chi connectivity index (χ3n) is 6.35. The van der Waals surface area contributed by atoms with Crippen LogP contribution in [-0.4, -0.2) is 40.4 Å². The Morgan fingerprint density at radius 1 is 1.18 bits per heavy atom. The second-order valence-electron chi connectivity index (χ2n) is 9.00. The molecule has 0 saturated heterocycles. The smallest absolute Gasteiger partial charge is 0.416 e. The Bertz CT molecular complexity index is 1510. The molecule has 1 atom stereocenters. The van der Waals surface area contributed by atoms with Crippen molar-refractivity contribution in [1.82, 2.24) is 19.5 Å². The van der Waals surface area contributed by atoms with Crippen molar-refractivity contribution in [2.24, 2.45) is 5.10 Å². The van der Waals surface area contributed by atoms with Crippen molar-refractivity contribution in [3.05, 3.63) is 83.2 Å². The molecule has 0 amide bonds. The molecule has 0 unspecified atom stereocenters. The topological polar surface area (TPSA) is 90.8 Å². The summed E-state index contributed by atoms with van der Waals surface area (Å²) in [7, 11) is 3.31. The first kappa shape index (κ1) is 27.5. The van der Waals surface area contributed by atoms with Crippen molar-refractivity contribution in [3.63, 3.8) is 0 Å². The number of hydrogen-bond donors (Lipinski definition) is 1. The predicted octanol–water partition coefficient (Wildman–Crippen LogP) is 6.14. The molecular weight excluding hydrogens is 509 g/mol. The zero-order valence-electron chi connectivity index (χ0n) is 22.0. The van der Waals surface area contributed by atoms with E-state index in [0.29, 0.717) is 34.2 Å². The fourth-order valence-electron chi connectivity index (χ4n) is 4.16.